The Morgan fingerprint density at radius 3 is 2.81 bits per heavy atom. The number of amides is 3. The van der Waals surface area contributed by atoms with Crippen molar-refractivity contribution in [3.8, 4) is 5.75 Å². The van der Waals surface area contributed by atoms with Crippen LogP contribution < -0.4 is 16.1 Å². The molecule has 2 aliphatic rings. The highest BCUT2D eigenvalue weighted by molar-refractivity contribution is 6.00. The summed E-state index contributed by atoms with van der Waals surface area (Å²) < 4.78 is 0. The van der Waals surface area contributed by atoms with Crippen LogP contribution in [0.4, 0.5) is 0 Å². The molecule has 2 aliphatic heterocycles. The van der Waals surface area contributed by atoms with Gasteiger partial charge < -0.3 is 4.84 Å². The molecule has 21 heavy (non-hydrogen) atoms. The molecule has 2 heterocycles. The van der Waals surface area contributed by atoms with Gasteiger partial charge in [0.25, 0.3) is 11.8 Å². The van der Waals surface area contributed by atoms with Crippen molar-refractivity contribution in [1.82, 2.24) is 10.4 Å². The average Bonchev–Trinajstić information content (AvgIpc) is 2.79. The summed E-state index contributed by atoms with van der Waals surface area (Å²) in [4.78, 5) is 45.1. The maximum atomic E-state index is 12.2. The van der Waals surface area contributed by atoms with Gasteiger partial charge in [0.05, 0.1) is 12.1 Å². The fourth-order valence-electron chi connectivity index (χ4n) is 2.40. The van der Waals surface area contributed by atoms with Crippen LogP contribution >= 0.6 is 0 Å². The van der Waals surface area contributed by atoms with Gasteiger partial charge in [0.1, 0.15) is 0 Å². The standard InChI is InChI=1S/C13H13N3O5/c14-20-9-3-1-2-7-8(9)6-16(13(7)19)21-10-4-5-11(17)15-12(10)18/h1-3,10H,4-6,14H2,(H,15,17,18). The molecule has 1 aromatic rings. The number of nitrogens with two attached hydrogens (primary N) is 1. The van der Waals surface area contributed by atoms with E-state index in [-0.39, 0.29) is 31.2 Å². The molecule has 1 fully saturated rings. The van der Waals surface area contributed by atoms with Crippen LogP contribution in [0.1, 0.15) is 28.8 Å². The highest BCUT2D eigenvalue weighted by Crippen LogP contribution is 2.31. The van der Waals surface area contributed by atoms with Crippen molar-refractivity contribution in [3.63, 3.8) is 0 Å². The van der Waals surface area contributed by atoms with Crippen molar-refractivity contribution < 1.29 is 24.1 Å². The van der Waals surface area contributed by atoms with E-state index >= 15 is 0 Å². The molecule has 3 amide bonds. The topological polar surface area (TPSA) is 111 Å². The van der Waals surface area contributed by atoms with Gasteiger partial charge in [-0.05, 0) is 18.6 Å². The molecule has 1 aromatic carbocycles. The second-order valence-electron chi connectivity index (χ2n) is 4.79. The van der Waals surface area contributed by atoms with Gasteiger partial charge in [-0.15, -0.1) is 0 Å². The van der Waals surface area contributed by atoms with Gasteiger partial charge >= 0.3 is 0 Å². The van der Waals surface area contributed by atoms with E-state index in [2.05, 4.69) is 5.32 Å². The molecule has 0 saturated carbocycles. The molecule has 0 aromatic heterocycles. The molecule has 0 aliphatic carbocycles. The molecule has 1 atom stereocenters. The van der Waals surface area contributed by atoms with Crippen molar-refractivity contribution in [2.24, 2.45) is 5.90 Å². The molecule has 110 valence electrons. The molecule has 1 saturated heterocycles. The predicted molar refractivity (Wildman–Crippen MR) is 68.4 cm³/mol. The summed E-state index contributed by atoms with van der Waals surface area (Å²) in [5, 5.41) is 3.27. The monoisotopic (exact) mass is 291 g/mol. The summed E-state index contributed by atoms with van der Waals surface area (Å²) in [5.74, 6) is 4.31. The maximum absolute atomic E-state index is 12.2. The second-order valence-corrected chi connectivity index (χ2v) is 4.79. The van der Waals surface area contributed by atoms with Gasteiger partial charge in [0, 0.05) is 12.0 Å². The van der Waals surface area contributed by atoms with E-state index in [9.17, 15) is 14.4 Å². The van der Waals surface area contributed by atoms with E-state index < -0.39 is 12.0 Å². The number of hydrogen-bond donors (Lipinski definition) is 2. The summed E-state index contributed by atoms with van der Waals surface area (Å²) in [6, 6.07) is 4.92. The van der Waals surface area contributed by atoms with Crippen molar-refractivity contribution in [2.75, 3.05) is 0 Å². The number of carbonyl (C=O) groups excluding carboxylic acids is 3. The van der Waals surface area contributed by atoms with Gasteiger partial charge in [0.15, 0.2) is 11.9 Å². The highest BCUT2D eigenvalue weighted by Gasteiger charge is 2.36. The molecule has 3 rings (SSSR count). The summed E-state index contributed by atoms with van der Waals surface area (Å²) in [7, 11) is 0. The predicted octanol–water partition coefficient (Wildman–Crippen LogP) is -0.368. The van der Waals surface area contributed by atoms with Gasteiger partial charge in [-0.1, -0.05) is 6.07 Å². The third-order valence-electron chi connectivity index (χ3n) is 3.46. The zero-order chi connectivity index (χ0) is 15.0. The van der Waals surface area contributed by atoms with Crippen molar-refractivity contribution in [1.29, 1.82) is 0 Å². The normalized spacial score (nSPS) is 21.3. The first-order chi connectivity index (χ1) is 10.1. The number of fused-ring (bicyclic) bond motifs is 1. The van der Waals surface area contributed by atoms with Gasteiger partial charge in [-0.3, -0.25) is 24.5 Å². The minimum Gasteiger partial charge on any atom is -0.411 e. The van der Waals surface area contributed by atoms with Crippen LogP contribution in [0.25, 0.3) is 0 Å². The zero-order valence-electron chi connectivity index (χ0n) is 11.0. The quantitative estimate of drug-likeness (QED) is 0.580. The molecule has 0 radical (unpaired) electrons. The van der Waals surface area contributed by atoms with E-state index in [0.717, 1.165) is 5.06 Å². The van der Waals surface area contributed by atoms with Gasteiger partial charge in [-0.25, -0.2) is 5.06 Å². The Kier molecular flexibility index (Phi) is 3.32. The first-order valence-corrected chi connectivity index (χ1v) is 6.41. The van der Waals surface area contributed by atoms with Crippen LogP contribution in [-0.2, 0) is 21.0 Å². The van der Waals surface area contributed by atoms with Crippen LogP contribution in [0, 0.1) is 0 Å². The minimum atomic E-state index is -0.858. The third-order valence-corrected chi connectivity index (χ3v) is 3.46. The smallest absolute Gasteiger partial charge is 0.278 e. The van der Waals surface area contributed by atoms with E-state index in [4.69, 9.17) is 15.6 Å². The molecular formula is C13H13N3O5. The Hall–Kier alpha value is -2.45. The molecule has 0 spiro atoms. The van der Waals surface area contributed by atoms with E-state index in [1.807, 2.05) is 0 Å². The number of rotatable bonds is 3. The lowest BCUT2D eigenvalue weighted by Gasteiger charge is -2.25. The number of imide groups is 1. The molecular weight excluding hydrogens is 278 g/mol. The van der Waals surface area contributed by atoms with E-state index in [1.54, 1.807) is 18.2 Å². The summed E-state index contributed by atoms with van der Waals surface area (Å²) in [6.07, 6.45) is -0.434. The number of benzene rings is 1. The molecule has 8 heteroatoms. The van der Waals surface area contributed by atoms with E-state index in [0.29, 0.717) is 16.9 Å². The van der Waals surface area contributed by atoms with Crippen LogP contribution in [-0.4, -0.2) is 28.9 Å². The Bertz CT molecular complexity index is 630. The maximum Gasteiger partial charge on any atom is 0.278 e. The summed E-state index contributed by atoms with van der Waals surface area (Å²) in [5.41, 5.74) is 1.03. The van der Waals surface area contributed by atoms with Crippen molar-refractivity contribution >= 4 is 17.7 Å². The fourth-order valence-corrected chi connectivity index (χ4v) is 2.40. The first kappa shape index (κ1) is 13.5. The lowest BCUT2D eigenvalue weighted by Crippen LogP contribution is -2.47. The number of carbonyl (C=O) groups is 3. The van der Waals surface area contributed by atoms with Gasteiger partial charge in [0.2, 0.25) is 5.91 Å². The second kappa shape index (κ2) is 5.15. The number of nitrogens with one attached hydrogen (secondary N) is 1. The molecule has 3 N–H and O–H groups in total. The Balaban J connectivity index is 1.76. The van der Waals surface area contributed by atoms with Crippen LogP contribution in [0.3, 0.4) is 0 Å². The Morgan fingerprint density at radius 1 is 1.29 bits per heavy atom. The lowest BCUT2D eigenvalue weighted by atomic mass is 10.1. The van der Waals surface area contributed by atoms with E-state index in [1.165, 1.54) is 0 Å². The van der Waals surface area contributed by atoms with Crippen molar-refractivity contribution in [3.05, 3.63) is 29.3 Å². The number of hydrogen-bond acceptors (Lipinski definition) is 6. The molecule has 0 bridgehead atoms. The Morgan fingerprint density at radius 2 is 2.10 bits per heavy atom. The molecule has 8 nitrogen and oxygen atoms in total. The minimum absolute atomic E-state index is 0.138. The third kappa shape index (κ3) is 2.34. The average molecular weight is 291 g/mol. The highest BCUT2D eigenvalue weighted by atomic mass is 16.7. The van der Waals surface area contributed by atoms with Gasteiger partial charge in [-0.2, -0.15) is 5.90 Å². The summed E-state index contributed by atoms with van der Waals surface area (Å²) >= 11 is 0. The van der Waals surface area contributed by atoms with Crippen LogP contribution in [0.2, 0.25) is 0 Å². The van der Waals surface area contributed by atoms with Crippen LogP contribution in [0.5, 0.6) is 5.75 Å². The SMILES string of the molecule is NOc1cccc2c1CN(OC1CCC(=O)NC1=O)C2=O. The number of piperidine rings is 1. The molecule has 1 unspecified atom stereocenters. The largest absolute Gasteiger partial charge is 0.411 e. The lowest BCUT2D eigenvalue weighted by molar-refractivity contribution is -0.183. The van der Waals surface area contributed by atoms with Crippen LogP contribution in [0.15, 0.2) is 18.2 Å². The number of nitrogens with zero attached hydrogens (tertiary/aromatic N) is 1. The zero-order valence-corrected chi connectivity index (χ0v) is 11.0. The number of hydroxylamine groups is 2. The summed E-state index contributed by atoms with van der Waals surface area (Å²) in [6.45, 7) is 0.138. The first-order valence-electron chi connectivity index (χ1n) is 6.41. The fraction of sp³-hybridized carbons (Fsp3) is 0.308. The Labute approximate surface area is 119 Å². The van der Waals surface area contributed by atoms with Crippen molar-refractivity contribution in [2.45, 2.75) is 25.5 Å².